The predicted molar refractivity (Wildman–Crippen MR) is 145 cm³/mol. The molecule has 0 saturated heterocycles. The van der Waals surface area contributed by atoms with Crippen LogP contribution >= 0.6 is 23.6 Å². The van der Waals surface area contributed by atoms with Crippen molar-refractivity contribution in [1.29, 1.82) is 0 Å². The van der Waals surface area contributed by atoms with Crippen LogP contribution in [0.3, 0.4) is 0 Å². The summed E-state index contributed by atoms with van der Waals surface area (Å²) in [6.45, 7) is 8.42. The van der Waals surface area contributed by atoms with E-state index in [0.717, 1.165) is 21.8 Å². The largest absolute Gasteiger partial charge is 0.484 e. The molecule has 0 spiro atoms. The monoisotopic (exact) mass is 489 g/mol. The van der Waals surface area contributed by atoms with Crippen LogP contribution in [0, 0.1) is 6.92 Å². The number of rotatable bonds is 5. The zero-order valence-electron chi connectivity index (χ0n) is 19.6. The Bertz CT molecular complexity index is 1320. The first-order valence-corrected chi connectivity index (χ1v) is 12.2. The lowest BCUT2D eigenvalue weighted by molar-refractivity contribution is -0.121. The molecule has 1 amide bonds. The summed E-state index contributed by atoms with van der Waals surface area (Å²) in [7, 11) is 0. The number of aromatic nitrogens is 1. The molecule has 174 valence electrons. The molecule has 1 heterocycles. The number of amides is 1. The number of thiocarbonyl (C=S) groups is 1. The summed E-state index contributed by atoms with van der Waals surface area (Å²) < 4.78 is 6.75. The van der Waals surface area contributed by atoms with Gasteiger partial charge in [-0.15, -0.1) is 11.3 Å². The number of nitrogens with zero attached hydrogens (tertiary/aromatic N) is 1. The van der Waals surface area contributed by atoms with Crippen LogP contribution in [-0.4, -0.2) is 22.6 Å². The predicted octanol–water partition coefficient (Wildman–Crippen LogP) is 6.46. The van der Waals surface area contributed by atoms with Crippen LogP contribution in [0.4, 0.5) is 5.69 Å². The molecule has 4 rings (SSSR count). The first-order chi connectivity index (χ1) is 16.2. The number of aryl methyl sites for hydroxylation is 1. The Kier molecular flexibility index (Phi) is 6.95. The Morgan fingerprint density at radius 1 is 1.03 bits per heavy atom. The second-order valence-corrected chi connectivity index (χ2v) is 10.6. The summed E-state index contributed by atoms with van der Waals surface area (Å²) in [5.41, 5.74) is 5.32. The minimum Gasteiger partial charge on any atom is -0.484 e. The maximum absolute atomic E-state index is 12.2. The van der Waals surface area contributed by atoms with Gasteiger partial charge < -0.3 is 10.1 Å². The zero-order chi connectivity index (χ0) is 24.3. The van der Waals surface area contributed by atoms with Gasteiger partial charge in [0.15, 0.2) is 11.7 Å². The lowest BCUT2D eigenvalue weighted by Gasteiger charge is -2.19. The number of anilines is 1. The summed E-state index contributed by atoms with van der Waals surface area (Å²) in [4.78, 5) is 16.9. The number of hydrogen-bond acceptors (Lipinski definition) is 5. The zero-order valence-corrected chi connectivity index (χ0v) is 21.3. The molecule has 34 heavy (non-hydrogen) atoms. The summed E-state index contributed by atoms with van der Waals surface area (Å²) in [5, 5.41) is 6.87. The van der Waals surface area contributed by atoms with E-state index >= 15 is 0 Å². The number of ether oxygens (including phenoxy) is 1. The van der Waals surface area contributed by atoms with Gasteiger partial charge in [-0.25, -0.2) is 4.98 Å². The van der Waals surface area contributed by atoms with Crippen molar-refractivity contribution in [2.45, 2.75) is 33.1 Å². The highest BCUT2D eigenvalue weighted by molar-refractivity contribution is 7.80. The van der Waals surface area contributed by atoms with Gasteiger partial charge in [0.2, 0.25) is 0 Å². The highest BCUT2D eigenvalue weighted by Gasteiger charge is 2.13. The number of nitrogens with one attached hydrogen (secondary N) is 2. The van der Waals surface area contributed by atoms with Gasteiger partial charge in [0.05, 0.1) is 10.2 Å². The van der Waals surface area contributed by atoms with Crippen molar-refractivity contribution in [2.75, 3.05) is 11.9 Å². The average Bonchev–Trinajstić information content (AvgIpc) is 3.21. The minimum atomic E-state index is -0.321. The van der Waals surface area contributed by atoms with E-state index in [1.165, 1.54) is 15.8 Å². The summed E-state index contributed by atoms with van der Waals surface area (Å²) >= 11 is 6.94. The minimum absolute atomic E-state index is 0.0689. The Morgan fingerprint density at radius 2 is 1.74 bits per heavy atom. The van der Waals surface area contributed by atoms with Gasteiger partial charge in [-0.2, -0.15) is 0 Å². The highest BCUT2D eigenvalue weighted by Crippen LogP contribution is 2.31. The molecule has 0 saturated carbocycles. The molecular weight excluding hydrogens is 462 g/mol. The summed E-state index contributed by atoms with van der Waals surface area (Å²) in [6, 6.07) is 21.8. The molecule has 4 aromatic rings. The maximum atomic E-state index is 12.2. The highest BCUT2D eigenvalue weighted by atomic mass is 32.1. The SMILES string of the molecule is Cc1ccc2nc(-c3ccc(NC(=S)NC(=O)COc4ccc(C(C)(C)C)cc4)cc3)sc2c1. The van der Waals surface area contributed by atoms with Crippen LogP contribution in [0.2, 0.25) is 0 Å². The van der Waals surface area contributed by atoms with E-state index in [-0.39, 0.29) is 23.0 Å². The van der Waals surface area contributed by atoms with Gasteiger partial charge in [-0.05, 0) is 84.2 Å². The average molecular weight is 490 g/mol. The number of carbonyl (C=O) groups excluding carboxylic acids is 1. The molecule has 0 bridgehead atoms. The smallest absolute Gasteiger partial charge is 0.264 e. The second-order valence-electron chi connectivity index (χ2n) is 9.13. The van der Waals surface area contributed by atoms with Crippen molar-refractivity contribution in [1.82, 2.24) is 10.3 Å². The lowest BCUT2D eigenvalue weighted by atomic mass is 9.87. The number of hydrogen-bond donors (Lipinski definition) is 2. The Morgan fingerprint density at radius 3 is 2.41 bits per heavy atom. The third-order valence-corrected chi connectivity index (χ3v) is 6.55. The van der Waals surface area contributed by atoms with E-state index in [1.807, 2.05) is 54.6 Å². The Labute approximate surface area is 209 Å². The molecule has 7 heteroatoms. The molecule has 1 aromatic heterocycles. The van der Waals surface area contributed by atoms with Gasteiger partial charge in [0, 0.05) is 11.3 Å². The molecule has 3 aromatic carbocycles. The van der Waals surface area contributed by atoms with Crippen molar-refractivity contribution in [3.8, 4) is 16.3 Å². The topological polar surface area (TPSA) is 63.2 Å². The van der Waals surface area contributed by atoms with E-state index in [4.69, 9.17) is 21.9 Å². The van der Waals surface area contributed by atoms with E-state index in [0.29, 0.717) is 5.75 Å². The fourth-order valence-electron chi connectivity index (χ4n) is 3.38. The molecule has 0 aliphatic rings. The molecule has 0 atom stereocenters. The van der Waals surface area contributed by atoms with Crippen molar-refractivity contribution < 1.29 is 9.53 Å². The third kappa shape index (κ3) is 5.98. The summed E-state index contributed by atoms with van der Waals surface area (Å²) in [6.07, 6.45) is 0. The van der Waals surface area contributed by atoms with E-state index in [1.54, 1.807) is 11.3 Å². The molecule has 0 aliphatic heterocycles. The normalized spacial score (nSPS) is 11.3. The molecule has 2 N–H and O–H groups in total. The van der Waals surface area contributed by atoms with Crippen LogP contribution in [0.25, 0.3) is 20.8 Å². The Balaban J connectivity index is 1.29. The van der Waals surface area contributed by atoms with E-state index < -0.39 is 0 Å². The van der Waals surface area contributed by atoms with Gasteiger partial charge in [0.1, 0.15) is 10.8 Å². The van der Waals surface area contributed by atoms with Crippen molar-refractivity contribution in [3.05, 3.63) is 77.9 Å². The van der Waals surface area contributed by atoms with Crippen LogP contribution in [0.15, 0.2) is 66.7 Å². The van der Waals surface area contributed by atoms with Gasteiger partial charge in [0.25, 0.3) is 5.91 Å². The number of benzene rings is 3. The van der Waals surface area contributed by atoms with Gasteiger partial charge in [-0.1, -0.05) is 39.0 Å². The van der Waals surface area contributed by atoms with E-state index in [2.05, 4.69) is 50.5 Å². The van der Waals surface area contributed by atoms with Crippen molar-refractivity contribution in [2.24, 2.45) is 0 Å². The molecule has 5 nitrogen and oxygen atoms in total. The number of fused-ring (bicyclic) bond motifs is 1. The fourth-order valence-corrected chi connectivity index (χ4v) is 4.68. The summed E-state index contributed by atoms with van der Waals surface area (Å²) in [5.74, 6) is 0.321. The molecule has 0 radical (unpaired) electrons. The lowest BCUT2D eigenvalue weighted by Crippen LogP contribution is -2.37. The number of carbonyl (C=O) groups is 1. The van der Waals surface area contributed by atoms with Crippen LogP contribution in [0.1, 0.15) is 31.9 Å². The fraction of sp³-hybridized carbons (Fsp3) is 0.222. The number of thiazole rings is 1. The first kappa shape index (κ1) is 23.9. The molecule has 0 aliphatic carbocycles. The second kappa shape index (κ2) is 9.91. The van der Waals surface area contributed by atoms with Crippen LogP contribution in [-0.2, 0) is 10.2 Å². The maximum Gasteiger partial charge on any atom is 0.264 e. The van der Waals surface area contributed by atoms with Crippen LogP contribution in [0.5, 0.6) is 5.75 Å². The van der Waals surface area contributed by atoms with Crippen molar-refractivity contribution in [3.63, 3.8) is 0 Å². The first-order valence-electron chi connectivity index (χ1n) is 11.0. The van der Waals surface area contributed by atoms with Gasteiger partial charge >= 0.3 is 0 Å². The molecular formula is C27H27N3O2S2. The molecule has 0 unspecified atom stereocenters. The Hall–Kier alpha value is -3.29. The molecule has 0 fully saturated rings. The quantitative estimate of drug-likeness (QED) is 0.315. The third-order valence-electron chi connectivity index (χ3n) is 5.28. The standard InChI is InChI=1S/C27H27N3O2S2/c1-17-5-14-22-23(15-17)34-25(29-22)18-6-10-20(11-7-18)28-26(33)30-24(31)16-32-21-12-8-19(9-13-21)27(2,3)4/h5-15H,16H2,1-4H3,(H2,28,30,31,33). The van der Waals surface area contributed by atoms with Crippen LogP contribution < -0.4 is 15.4 Å². The van der Waals surface area contributed by atoms with Gasteiger partial charge in [-0.3, -0.25) is 10.1 Å². The van der Waals surface area contributed by atoms with E-state index in [9.17, 15) is 4.79 Å². The van der Waals surface area contributed by atoms with Crippen molar-refractivity contribution >= 4 is 50.5 Å².